The number of fused-ring (bicyclic) bond motifs is 1. The molecule has 3 aromatic carbocycles. The van der Waals surface area contributed by atoms with E-state index in [1.807, 2.05) is 79.7 Å². The van der Waals surface area contributed by atoms with Gasteiger partial charge < -0.3 is 10.1 Å². The third-order valence-corrected chi connectivity index (χ3v) is 6.06. The number of amides is 1. The van der Waals surface area contributed by atoms with E-state index >= 15 is 0 Å². The zero-order chi connectivity index (χ0) is 22.3. The van der Waals surface area contributed by atoms with E-state index in [4.69, 9.17) is 14.7 Å². The number of carbonyl (C=O) groups excluding carboxylic acids is 1. The van der Waals surface area contributed by atoms with Crippen LogP contribution < -0.4 is 10.1 Å². The molecule has 1 amide bonds. The van der Waals surface area contributed by atoms with Crippen LogP contribution in [0.3, 0.4) is 0 Å². The predicted molar refractivity (Wildman–Crippen MR) is 133 cm³/mol. The highest BCUT2D eigenvalue weighted by molar-refractivity contribution is 8.14. The number of thioether (sulfide) groups is 1. The molecule has 1 aliphatic rings. The van der Waals surface area contributed by atoms with E-state index < -0.39 is 0 Å². The van der Waals surface area contributed by atoms with Crippen LogP contribution in [0.15, 0.2) is 82.8 Å². The number of nitrogens with one attached hydrogen (secondary N) is 1. The molecule has 32 heavy (non-hydrogen) atoms. The number of para-hydroxylation sites is 2. The van der Waals surface area contributed by atoms with E-state index in [-0.39, 0.29) is 5.91 Å². The zero-order valence-corrected chi connectivity index (χ0v) is 19.0. The second kappa shape index (κ2) is 10.3. The summed E-state index contributed by atoms with van der Waals surface area (Å²) in [6.45, 7) is 2.57. The van der Waals surface area contributed by atoms with Crippen LogP contribution in [0.25, 0.3) is 0 Å². The molecule has 0 unspecified atom stereocenters. The maximum absolute atomic E-state index is 12.5. The molecule has 0 spiro atoms. The van der Waals surface area contributed by atoms with Gasteiger partial charge in [0.1, 0.15) is 5.75 Å². The predicted octanol–water partition coefficient (Wildman–Crippen LogP) is 5.61. The summed E-state index contributed by atoms with van der Waals surface area (Å²) >= 11 is 1.45. The lowest BCUT2D eigenvalue weighted by Crippen LogP contribution is -2.25. The Kier molecular flexibility index (Phi) is 7.02. The Balaban J connectivity index is 1.47. The van der Waals surface area contributed by atoms with Gasteiger partial charge in [-0.05, 0) is 36.8 Å². The van der Waals surface area contributed by atoms with Crippen molar-refractivity contribution in [3.63, 3.8) is 0 Å². The molecular weight excluding hydrogens is 418 g/mol. The number of benzene rings is 3. The van der Waals surface area contributed by atoms with Crippen LogP contribution >= 0.6 is 11.8 Å². The van der Waals surface area contributed by atoms with Gasteiger partial charge in [-0.1, -0.05) is 54.1 Å². The van der Waals surface area contributed by atoms with Crippen molar-refractivity contribution in [2.75, 3.05) is 12.9 Å². The topological polar surface area (TPSA) is 63.1 Å². The normalized spacial score (nSPS) is 12.8. The highest BCUT2D eigenvalue weighted by Crippen LogP contribution is 2.33. The highest BCUT2D eigenvalue weighted by atomic mass is 32.2. The lowest BCUT2D eigenvalue weighted by molar-refractivity contribution is -0.118. The van der Waals surface area contributed by atoms with Gasteiger partial charge in [0.05, 0.1) is 35.0 Å². The van der Waals surface area contributed by atoms with Crippen molar-refractivity contribution in [1.82, 2.24) is 5.32 Å². The van der Waals surface area contributed by atoms with Gasteiger partial charge in [0.2, 0.25) is 5.91 Å². The maximum Gasteiger partial charge on any atom is 0.230 e. The first kappa shape index (κ1) is 21.8. The molecule has 4 rings (SSSR count). The van der Waals surface area contributed by atoms with E-state index in [0.717, 1.165) is 39.0 Å². The minimum absolute atomic E-state index is 0.0179. The molecule has 5 nitrogen and oxygen atoms in total. The molecule has 1 N–H and O–H groups in total. The molecule has 0 aliphatic carbocycles. The summed E-state index contributed by atoms with van der Waals surface area (Å²) in [4.78, 5) is 22.1. The fourth-order valence-corrected chi connectivity index (χ4v) is 4.12. The van der Waals surface area contributed by atoms with Gasteiger partial charge >= 0.3 is 0 Å². The van der Waals surface area contributed by atoms with Gasteiger partial charge in [0, 0.05) is 18.5 Å². The number of hydrogen-bond acceptors (Lipinski definition) is 5. The number of aryl methyl sites for hydroxylation is 1. The number of ether oxygens (including phenoxy) is 1. The summed E-state index contributed by atoms with van der Waals surface area (Å²) in [5.41, 5.74) is 5.81. The Labute approximate surface area is 192 Å². The monoisotopic (exact) mass is 443 g/mol. The Bertz CT molecular complexity index is 1170. The van der Waals surface area contributed by atoms with Gasteiger partial charge in [-0.2, -0.15) is 0 Å². The van der Waals surface area contributed by atoms with Gasteiger partial charge in [0.25, 0.3) is 0 Å². The number of rotatable bonds is 6. The van der Waals surface area contributed by atoms with Crippen molar-refractivity contribution in [1.29, 1.82) is 0 Å². The van der Waals surface area contributed by atoms with Gasteiger partial charge in [0.15, 0.2) is 0 Å². The third-order valence-electron chi connectivity index (χ3n) is 5.08. The molecule has 162 valence electrons. The van der Waals surface area contributed by atoms with Gasteiger partial charge in [-0.3, -0.25) is 9.79 Å². The molecule has 0 bridgehead atoms. The molecule has 0 fully saturated rings. The van der Waals surface area contributed by atoms with Crippen LogP contribution in [0.4, 0.5) is 11.4 Å². The van der Waals surface area contributed by atoms with E-state index in [1.165, 1.54) is 17.3 Å². The van der Waals surface area contributed by atoms with Crippen LogP contribution in [0.5, 0.6) is 5.75 Å². The molecule has 0 saturated carbocycles. The SMILES string of the molecule is COc1cccc(C2=Nc3ccccc3N=C(SCC(=O)NCc3ccc(C)cc3)C2)c1. The molecule has 0 radical (unpaired) electrons. The number of aliphatic imine (C=N–C) groups is 2. The summed E-state index contributed by atoms with van der Waals surface area (Å²) in [5, 5.41) is 3.85. The maximum atomic E-state index is 12.5. The van der Waals surface area contributed by atoms with Crippen LogP contribution in [0.2, 0.25) is 0 Å². The van der Waals surface area contributed by atoms with E-state index in [0.29, 0.717) is 18.7 Å². The Morgan fingerprint density at radius 2 is 1.75 bits per heavy atom. The highest BCUT2D eigenvalue weighted by Gasteiger charge is 2.17. The van der Waals surface area contributed by atoms with Crippen molar-refractivity contribution in [2.45, 2.75) is 19.9 Å². The van der Waals surface area contributed by atoms with Gasteiger partial charge in [-0.15, -0.1) is 11.8 Å². The summed E-state index contributed by atoms with van der Waals surface area (Å²) in [6, 6.07) is 23.8. The Morgan fingerprint density at radius 3 is 2.50 bits per heavy atom. The minimum Gasteiger partial charge on any atom is -0.497 e. The Morgan fingerprint density at radius 1 is 1.00 bits per heavy atom. The molecule has 0 aromatic heterocycles. The molecule has 3 aromatic rings. The summed E-state index contributed by atoms with van der Waals surface area (Å²) in [7, 11) is 1.65. The van der Waals surface area contributed by atoms with Crippen molar-refractivity contribution < 1.29 is 9.53 Å². The van der Waals surface area contributed by atoms with Crippen LogP contribution in [0, 0.1) is 6.92 Å². The zero-order valence-electron chi connectivity index (χ0n) is 18.2. The first-order valence-electron chi connectivity index (χ1n) is 10.4. The average molecular weight is 444 g/mol. The molecule has 0 saturated heterocycles. The number of hydrogen-bond donors (Lipinski definition) is 1. The fraction of sp³-hybridized carbons (Fsp3) is 0.192. The van der Waals surface area contributed by atoms with E-state index in [1.54, 1.807) is 7.11 Å². The first-order valence-corrected chi connectivity index (χ1v) is 11.4. The lowest BCUT2D eigenvalue weighted by Gasteiger charge is -2.09. The van der Waals surface area contributed by atoms with Crippen LogP contribution in [-0.2, 0) is 11.3 Å². The lowest BCUT2D eigenvalue weighted by atomic mass is 10.1. The van der Waals surface area contributed by atoms with Crippen molar-refractivity contribution >= 4 is 39.8 Å². The first-order chi connectivity index (χ1) is 15.6. The smallest absolute Gasteiger partial charge is 0.230 e. The van der Waals surface area contributed by atoms with Crippen LogP contribution in [-0.4, -0.2) is 29.5 Å². The van der Waals surface area contributed by atoms with Crippen molar-refractivity contribution in [2.24, 2.45) is 9.98 Å². The largest absolute Gasteiger partial charge is 0.497 e. The van der Waals surface area contributed by atoms with Crippen molar-refractivity contribution in [3.8, 4) is 5.75 Å². The minimum atomic E-state index is -0.0179. The van der Waals surface area contributed by atoms with E-state index in [9.17, 15) is 4.79 Å². The molecule has 1 aliphatic heterocycles. The fourth-order valence-electron chi connectivity index (χ4n) is 3.31. The summed E-state index contributed by atoms with van der Waals surface area (Å²) < 4.78 is 5.38. The number of carbonyl (C=O) groups is 1. The second-order valence-electron chi connectivity index (χ2n) is 7.51. The standard InChI is InChI=1S/C26H25N3O2S/c1-18-10-12-19(13-11-18)16-27-25(30)17-32-26-15-24(20-6-5-7-21(14-20)31-2)28-22-8-3-4-9-23(22)29-26/h3-14H,15-17H2,1-2H3,(H,27,30). The number of nitrogens with zero attached hydrogens (tertiary/aromatic N) is 2. The average Bonchev–Trinajstić information content (AvgIpc) is 3.02. The molecule has 6 heteroatoms. The second-order valence-corrected chi connectivity index (χ2v) is 8.56. The molecular formula is C26H25N3O2S. The molecule has 0 atom stereocenters. The Hall–Kier alpha value is -3.38. The van der Waals surface area contributed by atoms with Gasteiger partial charge in [-0.25, -0.2) is 4.99 Å². The third kappa shape index (κ3) is 5.65. The summed E-state index contributed by atoms with van der Waals surface area (Å²) in [5.74, 6) is 1.07. The van der Waals surface area contributed by atoms with E-state index in [2.05, 4.69) is 5.32 Å². The molecule has 1 heterocycles. The van der Waals surface area contributed by atoms with Crippen LogP contribution in [0.1, 0.15) is 23.1 Å². The number of methoxy groups -OCH3 is 1. The quantitative estimate of drug-likeness (QED) is 0.539. The van der Waals surface area contributed by atoms with Crippen molar-refractivity contribution in [3.05, 3.63) is 89.5 Å². The summed E-state index contributed by atoms with van der Waals surface area (Å²) in [6.07, 6.45) is 0.553.